The van der Waals surface area contributed by atoms with Gasteiger partial charge in [-0.2, -0.15) is 0 Å². The Balaban J connectivity index is 2.37. The molecule has 5 heteroatoms. The van der Waals surface area contributed by atoms with Crippen molar-refractivity contribution in [2.75, 3.05) is 18.8 Å². The summed E-state index contributed by atoms with van der Waals surface area (Å²) in [5, 5.41) is 3.21. The van der Waals surface area contributed by atoms with E-state index in [4.69, 9.17) is 0 Å². The van der Waals surface area contributed by atoms with E-state index in [1.54, 1.807) is 6.92 Å². The second-order valence-electron chi connectivity index (χ2n) is 3.43. The van der Waals surface area contributed by atoms with Gasteiger partial charge in [0, 0.05) is 12.6 Å². The second kappa shape index (κ2) is 4.93. The van der Waals surface area contributed by atoms with Crippen molar-refractivity contribution in [3.63, 3.8) is 0 Å². The molecule has 1 saturated heterocycles. The maximum Gasteiger partial charge on any atom is 0.213 e. The van der Waals surface area contributed by atoms with Crippen molar-refractivity contribution < 1.29 is 8.42 Å². The summed E-state index contributed by atoms with van der Waals surface area (Å²) in [6.45, 7) is 3.23. The molecule has 0 saturated carbocycles. The zero-order chi connectivity index (χ0) is 9.73. The van der Waals surface area contributed by atoms with E-state index in [9.17, 15) is 8.42 Å². The molecule has 1 heterocycles. The third kappa shape index (κ3) is 4.06. The number of sulfonamides is 1. The lowest BCUT2D eigenvalue weighted by Crippen LogP contribution is -2.42. The molecule has 1 aliphatic rings. The molecule has 0 spiro atoms. The fourth-order valence-corrected chi connectivity index (χ4v) is 2.98. The minimum Gasteiger partial charge on any atom is -0.313 e. The number of piperidine rings is 1. The standard InChI is InChI=1S/C8H18N2O2S/c1-2-10-13(11,12)7-8-5-3-4-6-9-8/h8-10H,2-7H2,1H3. The molecule has 1 aliphatic heterocycles. The molecule has 13 heavy (non-hydrogen) atoms. The van der Waals surface area contributed by atoms with Gasteiger partial charge < -0.3 is 5.32 Å². The van der Waals surface area contributed by atoms with E-state index in [-0.39, 0.29) is 11.8 Å². The summed E-state index contributed by atoms with van der Waals surface area (Å²) >= 11 is 0. The summed E-state index contributed by atoms with van der Waals surface area (Å²) < 4.78 is 25.2. The molecule has 78 valence electrons. The third-order valence-electron chi connectivity index (χ3n) is 2.20. The average Bonchev–Trinajstić information content (AvgIpc) is 2.04. The molecule has 0 aromatic heterocycles. The lowest BCUT2D eigenvalue weighted by atomic mass is 10.1. The lowest BCUT2D eigenvalue weighted by Gasteiger charge is -2.23. The van der Waals surface area contributed by atoms with Crippen molar-refractivity contribution in [2.24, 2.45) is 0 Å². The van der Waals surface area contributed by atoms with Crippen LogP contribution in [-0.4, -0.2) is 33.3 Å². The Kier molecular flexibility index (Phi) is 4.15. The summed E-state index contributed by atoms with van der Waals surface area (Å²) in [6.07, 6.45) is 3.28. The van der Waals surface area contributed by atoms with Crippen molar-refractivity contribution in [2.45, 2.75) is 32.2 Å². The fourth-order valence-electron chi connectivity index (χ4n) is 1.61. The van der Waals surface area contributed by atoms with Crippen LogP contribution < -0.4 is 10.0 Å². The molecule has 1 unspecified atom stereocenters. The van der Waals surface area contributed by atoms with Crippen LogP contribution in [0.25, 0.3) is 0 Å². The first kappa shape index (κ1) is 10.9. The first-order valence-corrected chi connectivity index (χ1v) is 6.50. The summed E-state index contributed by atoms with van der Waals surface area (Å²) in [5.74, 6) is 0.223. The quantitative estimate of drug-likeness (QED) is 0.684. The summed E-state index contributed by atoms with van der Waals surface area (Å²) in [4.78, 5) is 0. The first-order valence-electron chi connectivity index (χ1n) is 4.85. The molecule has 1 rings (SSSR count). The van der Waals surface area contributed by atoms with Crippen LogP contribution in [0.1, 0.15) is 26.2 Å². The second-order valence-corrected chi connectivity index (χ2v) is 5.28. The Labute approximate surface area is 80.1 Å². The number of hydrogen-bond acceptors (Lipinski definition) is 3. The van der Waals surface area contributed by atoms with Crippen molar-refractivity contribution >= 4 is 10.0 Å². The average molecular weight is 206 g/mol. The van der Waals surface area contributed by atoms with Crippen LogP contribution in [0.4, 0.5) is 0 Å². The Hall–Kier alpha value is -0.130. The normalized spacial score (nSPS) is 24.5. The number of nitrogens with one attached hydrogen (secondary N) is 2. The van der Waals surface area contributed by atoms with Crippen LogP contribution in [0.15, 0.2) is 0 Å². The zero-order valence-corrected chi connectivity index (χ0v) is 8.86. The van der Waals surface area contributed by atoms with E-state index < -0.39 is 10.0 Å². The van der Waals surface area contributed by atoms with Gasteiger partial charge in [0.05, 0.1) is 5.75 Å². The first-order chi connectivity index (χ1) is 6.14. The van der Waals surface area contributed by atoms with Gasteiger partial charge in [-0.25, -0.2) is 13.1 Å². The van der Waals surface area contributed by atoms with Gasteiger partial charge in [-0.05, 0) is 19.4 Å². The van der Waals surface area contributed by atoms with Crippen LogP contribution >= 0.6 is 0 Å². The zero-order valence-electron chi connectivity index (χ0n) is 8.04. The maximum absolute atomic E-state index is 11.3. The molecular formula is C8H18N2O2S. The molecule has 0 radical (unpaired) electrons. The predicted octanol–water partition coefficient (Wildman–Crippen LogP) is 0.0678. The van der Waals surface area contributed by atoms with Crippen LogP contribution in [0, 0.1) is 0 Å². The van der Waals surface area contributed by atoms with Crippen molar-refractivity contribution in [3.05, 3.63) is 0 Å². The topological polar surface area (TPSA) is 58.2 Å². The number of hydrogen-bond donors (Lipinski definition) is 2. The Morgan fingerprint density at radius 2 is 2.23 bits per heavy atom. The Morgan fingerprint density at radius 1 is 1.46 bits per heavy atom. The highest BCUT2D eigenvalue weighted by atomic mass is 32.2. The minimum atomic E-state index is -3.04. The van der Waals surface area contributed by atoms with Crippen molar-refractivity contribution in [3.8, 4) is 0 Å². The van der Waals surface area contributed by atoms with Gasteiger partial charge in [-0.1, -0.05) is 13.3 Å². The highest BCUT2D eigenvalue weighted by Gasteiger charge is 2.19. The van der Waals surface area contributed by atoms with Gasteiger partial charge in [0.15, 0.2) is 0 Å². The van der Waals surface area contributed by atoms with Crippen molar-refractivity contribution in [1.29, 1.82) is 0 Å². The molecule has 0 aliphatic carbocycles. The van der Waals surface area contributed by atoms with E-state index in [2.05, 4.69) is 10.0 Å². The Morgan fingerprint density at radius 3 is 2.77 bits per heavy atom. The van der Waals surface area contributed by atoms with E-state index in [0.717, 1.165) is 25.8 Å². The summed E-state index contributed by atoms with van der Waals surface area (Å²) in [7, 11) is -3.04. The molecule has 0 bridgehead atoms. The minimum absolute atomic E-state index is 0.151. The van der Waals surface area contributed by atoms with Gasteiger partial charge in [0.2, 0.25) is 10.0 Å². The monoisotopic (exact) mass is 206 g/mol. The van der Waals surface area contributed by atoms with Gasteiger partial charge in [0.25, 0.3) is 0 Å². The van der Waals surface area contributed by atoms with Gasteiger partial charge in [0.1, 0.15) is 0 Å². The molecular weight excluding hydrogens is 188 g/mol. The highest BCUT2D eigenvalue weighted by molar-refractivity contribution is 7.89. The number of rotatable bonds is 4. The van der Waals surface area contributed by atoms with E-state index >= 15 is 0 Å². The SMILES string of the molecule is CCNS(=O)(=O)CC1CCCCN1. The molecule has 1 atom stereocenters. The largest absolute Gasteiger partial charge is 0.313 e. The smallest absolute Gasteiger partial charge is 0.213 e. The summed E-state index contributed by atoms with van der Waals surface area (Å²) in [5.41, 5.74) is 0. The van der Waals surface area contributed by atoms with Crippen LogP contribution in [0.3, 0.4) is 0 Å². The van der Waals surface area contributed by atoms with Crippen LogP contribution in [0.2, 0.25) is 0 Å². The molecule has 4 nitrogen and oxygen atoms in total. The van der Waals surface area contributed by atoms with E-state index in [0.29, 0.717) is 6.54 Å². The van der Waals surface area contributed by atoms with Gasteiger partial charge in [-0.15, -0.1) is 0 Å². The summed E-state index contributed by atoms with van der Waals surface area (Å²) in [6, 6.07) is 0.151. The molecule has 0 aromatic carbocycles. The fraction of sp³-hybridized carbons (Fsp3) is 1.00. The van der Waals surface area contributed by atoms with Gasteiger partial charge >= 0.3 is 0 Å². The van der Waals surface area contributed by atoms with E-state index in [1.165, 1.54) is 0 Å². The molecule has 0 aromatic rings. The van der Waals surface area contributed by atoms with E-state index in [1.807, 2.05) is 0 Å². The molecule has 2 N–H and O–H groups in total. The maximum atomic E-state index is 11.3. The van der Waals surface area contributed by atoms with Crippen molar-refractivity contribution in [1.82, 2.24) is 10.0 Å². The highest BCUT2D eigenvalue weighted by Crippen LogP contribution is 2.08. The van der Waals surface area contributed by atoms with Gasteiger partial charge in [-0.3, -0.25) is 0 Å². The molecule has 0 amide bonds. The predicted molar refractivity (Wildman–Crippen MR) is 53.1 cm³/mol. The molecule has 1 fully saturated rings. The van der Waals surface area contributed by atoms with Crippen LogP contribution in [0.5, 0.6) is 0 Å². The Bertz CT molecular complexity index is 233. The van der Waals surface area contributed by atoms with Crippen LogP contribution in [-0.2, 0) is 10.0 Å². The lowest BCUT2D eigenvalue weighted by molar-refractivity contribution is 0.422. The third-order valence-corrected chi connectivity index (χ3v) is 3.77.